The zero-order valence-corrected chi connectivity index (χ0v) is 13.0. The minimum atomic E-state index is -0.831. The lowest BCUT2D eigenvalue weighted by atomic mass is 10.1. The summed E-state index contributed by atoms with van der Waals surface area (Å²) in [6.07, 6.45) is 0. The van der Waals surface area contributed by atoms with Crippen LogP contribution in [0.3, 0.4) is 0 Å². The van der Waals surface area contributed by atoms with Crippen molar-refractivity contribution >= 4 is 33.2 Å². The molecule has 2 N–H and O–H groups in total. The first kappa shape index (κ1) is 15.4. The fourth-order valence-electron chi connectivity index (χ4n) is 1.87. The number of hydrogen-bond donors (Lipinski definition) is 2. The number of halogens is 3. The van der Waals surface area contributed by atoms with Gasteiger partial charge in [-0.05, 0) is 46.6 Å². The molecule has 2 aromatic rings. The first-order valence-electron chi connectivity index (χ1n) is 6.16. The summed E-state index contributed by atoms with van der Waals surface area (Å²) in [5.41, 5.74) is 1.92. The first-order chi connectivity index (χ1) is 9.92. The fourth-order valence-corrected chi connectivity index (χ4v) is 2.21. The van der Waals surface area contributed by atoms with E-state index in [2.05, 4.69) is 26.6 Å². The van der Waals surface area contributed by atoms with Gasteiger partial charge in [0.1, 0.15) is 11.6 Å². The van der Waals surface area contributed by atoms with Crippen LogP contribution in [0.25, 0.3) is 0 Å². The van der Waals surface area contributed by atoms with E-state index in [1.807, 2.05) is 13.0 Å². The third-order valence-corrected chi connectivity index (χ3v) is 3.55. The number of hydrogen-bond acceptors (Lipinski definition) is 2. The number of aryl methyl sites for hydroxylation is 1. The van der Waals surface area contributed by atoms with Crippen LogP contribution in [0, 0.1) is 18.6 Å². The second kappa shape index (κ2) is 6.22. The summed E-state index contributed by atoms with van der Waals surface area (Å²) >= 11 is 2.96. The summed E-state index contributed by atoms with van der Waals surface area (Å²) in [6, 6.07) is 7.15. The highest BCUT2D eigenvalue weighted by atomic mass is 79.9. The highest BCUT2D eigenvalue weighted by Crippen LogP contribution is 2.25. The first-order valence-corrected chi connectivity index (χ1v) is 6.96. The summed E-state index contributed by atoms with van der Waals surface area (Å²) in [6.45, 7) is 1.90. The molecule has 0 saturated heterocycles. The SMILES string of the molecule is CNc1cc(C)ccc1C(=O)Nc1cc(Br)c(F)cc1F. The van der Waals surface area contributed by atoms with Gasteiger partial charge in [0.25, 0.3) is 5.91 Å². The topological polar surface area (TPSA) is 41.1 Å². The molecule has 0 atom stereocenters. The normalized spacial score (nSPS) is 10.3. The molecule has 0 aliphatic rings. The van der Waals surface area contributed by atoms with Gasteiger partial charge in [-0.25, -0.2) is 8.78 Å². The molecule has 0 unspecified atom stereocenters. The standard InChI is InChI=1S/C15H13BrF2N2O/c1-8-3-4-9(13(5-8)19-2)15(21)20-14-6-10(16)11(17)7-12(14)18/h3-7,19H,1-2H3,(H,20,21). The van der Waals surface area contributed by atoms with Crippen LogP contribution in [0.5, 0.6) is 0 Å². The molecule has 0 aromatic heterocycles. The van der Waals surface area contributed by atoms with Crippen LogP contribution in [0.1, 0.15) is 15.9 Å². The lowest BCUT2D eigenvalue weighted by molar-refractivity contribution is 0.102. The van der Waals surface area contributed by atoms with E-state index in [0.29, 0.717) is 17.3 Å². The lowest BCUT2D eigenvalue weighted by Crippen LogP contribution is -2.15. The van der Waals surface area contributed by atoms with Crippen molar-refractivity contribution in [2.24, 2.45) is 0 Å². The quantitative estimate of drug-likeness (QED) is 0.805. The maximum Gasteiger partial charge on any atom is 0.257 e. The van der Waals surface area contributed by atoms with Gasteiger partial charge in [-0.15, -0.1) is 0 Å². The molecular formula is C15H13BrF2N2O. The molecule has 110 valence electrons. The molecule has 0 aliphatic carbocycles. The molecule has 0 saturated carbocycles. The molecule has 2 aromatic carbocycles. The van der Waals surface area contributed by atoms with Crippen LogP contribution in [0.15, 0.2) is 34.8 Å². The summed E-state index contributed by atoms with van der Waals surface area (Å²) < 4.78 is 26.9. The Balaban J connectivity index is 2.32. The fraction of sp³-hybridized carbons (Fsp3) is 0.133. The van der Waals surface area contributed by atoms with Gasteiger partial charge in [-0.3, -0.25) is 4.79 Å². The number of rotatable bonds is 3. The smallest absolute Gasteiger partial charge is 0.257 e. The van der Waals surface area contributed by atoms with Crippen LogP contribution < -0.4 is 10.6 Å². The van der Waals surface area contributed by atoms with E-state index >= 15 is 0 Å². The molecule has 0 fully saturated rings. The van der Waals surface area contributed by atoms with Crippen LogP contribution in [0.2, 0.25) is 0 Å². The highest BCUT2D eigenvalue weighted by molar-refractivity contribution is 9.10. The maximum atomic E-state index is 13.7. The Bertz CT molecular complexity index is 704. The Morgan fingerprint density at radius 1 is 1.10 bits per heavy atom. The van der Waals surface area contributed by atoms with Crippen LogP contribution in [0.4, 0.5) is 20.2 Å². The zero-order valence-electron chi connectivity index (χ0n) is 11.4. The van der Waals surface area contributed by atoms with Crippen molar-refractivity contribution in [3.63, 3.8) is 0 Å². The van der Waals surface area contributed by atoms with Gasteiger partial charge in [0.05, 0.1) is 15.7 Å². The average molecular weight is 355 g/mol. The van der Waals surface area contributed by atoms with E-state index in [-0.39, 0.29) is 10.2 Å². The van der Waals surface area contributed by atoms with Gasteiger partial charge >= 0.3 is 0 Å². The third kappa shape index (κ3) is 3.39. The number of anilines is 2. The third-order valence-electron chi connectivity index (χ3n) is 2.95. The predicted octanol–water partition coefficient (Wildman–Crippen LogP) is 4.33. The Morgan fingerprint density at radius 3 is 2.48 bits per heavy atom. The summed E-state index contributed by atoms with van der Waals surface area (Å²) in [5.74, 6) is -2.03. The summed E-state index contributed by atoms with van der Waals surface area (Å²) in [5, 5.41) is 5.35. The van der Waals surface area contributed by atoms with Crippen molar-refractivity contribution in [3.8, 4) is 0 Å². The highest BCUT2D eigenvalue weighted by Gasteiger charge is 2.15. The van der Waals surface area contributed by atoms with Crippen molar-refractivity contribution in [2.45, 2.75) is 6.92 Å². The van der Waals surface area contributed by atoms with Crippen molar-refractivity contribution < 1.29 is 13.6 Å². The van der Waals surface area contributed by atoms with Crippen molar-refractivity contribution in [1.82, 2.24) is 0 Å². The minimum absolute atomic E-state index is 0.0805. The van der Waals surface area contributed by atoms with Crippen LogP contribution in [-0.2, 0) is 0 Å². The Morgan fingerprint density at radius 2 is 1.81 bits per heavy atom. The van der Waals surface area contributed by atoms with Crippen LogP contribution in [-0.4, -0.2) is 13.0 Å². The van der Waals surface area contributed by atoms with Gasteiger partial charge in [-0.1, -0.05) is 6.07 Å². The monoisotopic (exact) mass is 354 g/mol. The maximum absolute atomic E-state index is 13.7. The molecule has 0 heterocycles. The van der Waals surface area contributed by atoms with E-state index in [4.69, 9.17) is 0 Å². The zero-order chi connectivity index (χ0) is 15.6. The number of amides is 1. The number of carbonyl (C=O) groups excluding carboxylic acids is 1. The van der Waals surface area contributed by atoms with Gasteiger partial charge in [0, 0.05) is 18.8 Å². The van der Waals surface area contributed by atoms with Gasteiger partial charge in [0.2, 0.25) is 0 Å². The molecule has 6 heteroatoms. The second-order valence-corrected chi connectivity index (χ2v) is 5.35. The van der Waals surface area contributed by atoms with Gasteiger partial charge in [0.15, 0.2) is 0 Å². The predicted molar refractivity (Wildman–Crippen MR) is 82.7 cm³/mol. The van der Waals surface area contributed by atoms with E-state index in [1.54, 1.807) is 19.2 Å². The molecule has 0 spiro atoms. The number of carbonyl (C=O) groups is 1. The summed E-state index contributed by atoms with van der Waals surface area (Å²) in [7, 11) is 1.70. The lowest BCUT2D eigenvalue weighted by Gasteiger charge is -2.11. The molecule has 0 radical (unpaired) electrons. The van der Waals surface area contributed by atoms with E-state index in [0.717, 1.165) is 5.56 Å². The van der Waals surface area contributed by atoms with E-state index in [9.17, 15) is 13.6 Å². The number of benzene rings is 2. The van der Waals surface area contributed by atoms with E-state index < -0.39 is 17.5 Å². The molecule has 21 heavy (non-hydrogen) atoms. The van der Waals surface area contributed by atoms with Crippen molar-refractivity contribution in [3.05, 3.63) is 57.6 Å². The van der Waals surface area contributed by atoms with Gasteiger partial charge in [-0.2, -0.15) is 0 Å². The largest absolute Gasteiger partial charge is 0.387 e. The Kier molecular flexibility index (Phi) is 4.57. The van der Waals surface area contributed by atoms with Crippen molar-refractivity contribution in [1.29, 1.82) is 0 Å². The molecule has 1 amide bonds. The van der Waals surface area contributed by atoms with E-state index in [1.165, 1.54) is 6.07 Å². The molecule has 2 rings (SSSR count). The average Bonchev–Trinajstić information content (AvgIpc) is 2.44. The van der Waals surface area contributed by atoms with Crippen molar-refractivity contribution in [2.75, 3.05) is 17.7 Å². The molecule has 0 bridgehead atoms. The van der Waals surface area contributed by atoms with Crippen LogP contribution >= 0.6 is 15.9 Å². The summed E-state index contributed by atoms with van der Waals surface area (Å²) in [4.78, 5) is 12.2. The Hall–Kier alpha value is -1.95. The molecule has 3 nitrogen and oxygen atoms in total. The second-order valence-electron chi connectivity index (χ2n) is 4.50. The van der Waals surface area contributed by atoms with Gasteiger partial charge < -0.3 is 10.6 Å². The minimum Gasteiger partial charge on any atom is -0.387 e. The molecule has 0 aliphatic heterocycles. The Labute approximate surface area is 129 Å². The molecular weight excluding hydrogens is 342 g/mol. The number of nitrogens with one attached hydrogen (secondary N) is 2.